The largest absolute Gasteiger partial charge is 0.421 e. The van der Waals surface area contributed by atoms with Gasteiger partial charge in [-0.25, -0.2) is 19.3 Å². The maximum absolute atomic E-state index is 6.09. The molecule has 35 heavy (non-hydrogen) atoms. The third-order valence-corrected chi connectivity index (χ3v) is 5.35. The first-order valence-corrected chi connectivity index (χ1v) is 10.9. The number of nitrogens with zero attached hydrogens (tertiary/aromatic N) is 8. The van der Waals surface area contributed by atoms with Crippen molar-refractivity contribution in [3.63, 3.8) is 0 Å². The maximum atomic E-state index is 6.09. The van der Waals surface area contributed by atoms with Gasteiger partial charge in [-0.05, 0) is 23.3 Å². The molecule has 0 aliphatic heterocycles. The van der Waals surface area contributed by atoms with Crippen LogP contribution in [-0.2, 0) is 0 Å². The highest BCUT2D eigenvalue weighted by molar-refractivity contribution is 5.72. The molecule has 6 rings (SSSR count). The van der Waals surface area contributed by atoms with Crippen LogP contribution in [-0.4, -0.2) is 39.5 Å². The summed E-state index contributed by atoms with van der Waals surface area (Å²) in [6.45, 7) is 0. The van der Waals surface area contributed by atoms with Gasteiger partial charge in [-0.3, -0.25) is 0 Å². The van der Waals surface area contributed by atoms with Crippen LogP contribution in [0, 0.1) is 0 Å². The number of hydrogen-bond donors (Lipinski definition) is 0. The van der Waals surface area contributed by atoms with Gasteiger partial charge >= 0.3 is 0 Å². The standard InChI is InChI=1S/C26H18N8O/c1-3-7-19(8-4-1)21-11-13-23(31-25(21)33-17-27-15-29-33)35-24-14-12-22(20-9-5-2-6-10-20)26(32-24)34-18-28-16-30-34/h1-18H. The number of hydrogen-bond acceptors (Lipinski definition) is 7. The number of ether oxygens (including phenoxy) is 1. The topological polar surface area (TPSA) is 96.4 Å². The smallest absolute Gasteiger partial charge is 0.223 e. The van der Waals surface area contributed by atoms with Crippen LogP contribution in [0.5, 0.6) is 11.8 Å². The number of rotatable bonds is 6. The number of pyridine rings is 2. The van der Waals surface area contributed by atoms with E-state index in [1.165, 1.54) is 12.7 Å². The molecule has 6 aromatic rings. The molecule has 0 unspecified atom stereocenters. The summed E-state index contributed by atoms with van der Waals surface area (Å²) in [5.41, 5.74) is 3.82. The first-order chi connectivity index (χ1) is 17.3. The van der Waals surface area contributed by atoms with Crippen LogP contribution in [0.4, 0.5) is 0 Å². The summed E-state index contributed by atoms with van der Waals surface area (Å²) < 4.78 is 9.32. The molecule has 0 saturated carbocycles. The minimum absolute atomic E-state index is 0.375. The van der Waals surface area contributed by atoms with Crippen LogP contribution < -0.4 is 4.74 Å². The predicted octanol–water partition coefficient (Wildman–Crippen LogP) is 4.76. The van der Waals surface area contributed by atoms with Gasteiger partial charge in [-0.15, -0.1) is 0 Å². The molecule has 0 spiro atoms. The Morgan fingerprint density at radius 1 is 0.514 bits per heavy atom. The number of benzene rings is 2. The van der Waals surface area contributed by atoms with E-state index in [9.17, 15) is 0 Å². The van der Waals surface area contributed by atoms with Gasteiger partial charge in [0.15, 0.2) is 11.6 Å². The van der Waals surface area contributed by atoms with Crippen molar-refractivity contribution in [2.45, 2.75) is 0 Å². The molecule has 0 aliphatic carbocycles. The Labute approximate surface area is 200 Å². The summed E-state index contributed by atoms with van der Waals surface area (Å²) in [4.78, 5) is 17.6. The monoisotopic (exact) mass is 458 g/mol. The first kappa shape index (κ1) is 20.4. The molecule has 9 nitrogen and oxygen atoms in total. The summed E-state index contributed by atoms with van der Waals surface area (Å²) >= 11 is 0. The average Bonchev–Trinajstić information content (AvgIpc) is 3.65. The molecule has 0 N–H and O–H groups in total. The van der Waals surface area contributed by atoms with E-state index >= 15 is 0 Å². The van der Waals surface area contributed by atoms with Crippen molar-refractivity contribution < 1.29 is 4.74 Å². The van der Waals surface area contributed by atoms with Gasteiger partial charge < -0.3 is 4.74 Å². The second-order valence-electron chi connectivity index (χ2n) is 7.56. The highest BCUT2D eigenvalue weighted by Gasteiger charge is 2.15. The molecule has 0 fully saturated rings. The molecule has 2 aromatic carbocycles. The Balaban J connectivity index is 1.40. The van der Waals surface area contributed by atoms with Crippen molar-refractivity contribution in [3.05, 3.63) is 110 Å². The SMILES string of the molecule is c1ccc(-c2ccc(Oc3ccc(-c4ccccc4)c(-n4cncn4)n3)nc2-n2cncn2)cc1. The summed E-state index contributed by atoms with van der Waals surface area (Å²) in [7, 11) is 0. The van der Waals surface area contributed by atoms with Crippen LogP contribution in [0.1, 0.15) is 0 Å². The Hall–Kier alpha value is -5.18. The van der Waals surface area contributed by atoms with Crippen LogP contribution in [0.3, 0.4) is 0 Å². The van der Waals surface area contributed by atoms with Crippen molar-refractivity contribution >= 4 is 0 Å². The lowest BCUT2D eigenvalue weighted by Crippen LogP contribution is -2.04. The van der Waals surface area contributed by atoms with E-state index < -0.39 is 0 Å². The Morgan fingerprint density at radius 2 is 0.971 bits per heavy atom. The third kappa shape index (κ3) is 4.13. The normalized spacial score (nSPS) is 10.9. The van der Waals surface area contributed by atoms with Crippen LogP contribution in [0.2, 0.25) is 0 Å². The highest BCUT2D eigenvalue weighted by Crippen LogP contribution is 2.31. The van der Waals surface area contributed by atoms with E-state index in [-0.39, 0.29) is 0 Å². The second kappa shape index (κ2) is 8.99. The molecule has 0 bridgehead atoms. The molecule has 0 radical (unpaired) electrons. The van der Waals surface area contributed by atoms with Gasteiger partial charge in [0.1, 0.15) is 25.3 Å². The highest BCUT2D eigenvalue weighted by atomic mass is 16.5. The summed E-state index contributed by atoms with van der Waals surface area (Å²) in [6.07, 6.45) is 6.15. The van der Waals surface area contributed by atoms with Gasteiger partial charge in [0.2, 0.25) is 11.8 Å². The molecule has 4 heterocycles. The fourth-order valence-corrected chi connectivity index (χ4v) is 3.75. The summed E-state index contributed by atoms with van der Waals surface area (Å²) in [5, 5.41) is 8.53. The number of aromatic nitrogens is 8. The second-order valence-corrected chi connectivity index (χ2v) is 7.56. The molecule has 0 saturated heterocycles. The van der Waals surface area contributed by atoms with E-state index in [0.29, 0.717) is 23.4 Å². The molecule has 168 valence electrons. The lowest BCUT2D eigenvalue weighted by atomic mass is 10.1. The Kier molecular flexibility index (Phi) is 5.25. The van der Waals surface area contributed by atoms with Crippen molar-refractivity contribution in [3.8, 4) is 45.6 Å². The summed E-state index contributed by atoms with van der Waals surface area (Å²) in [5.74, 6) is 1.95. The van der Waals surface area contributed by atoms with Crippen molar-refractivity contribution in [2.24, 2.45) is 0 Å². The molecule has 9 heteroatoms. The summed E-state index contributed by atoms with van der Waals surface area (Å²) in [6, 6.07) is 27.5. The minimum Gasteiger partial charge on any atom is -0.421 e. The van der Waals surface area contributed by atoms with Crippen molar-refractivity contribution in [1.29, 1.82) is 0 Å². The molecule has 0 atom stereocenters. The van der Waals surface area contributed by atoms with Crippen LogP contribution >= 0.6 is 0 Å². The fraction of sp³-hybridized carbons (Fsp3) is 0. The minimum atomic E-state index is 0.375. The fourth-order valence-electron chi connectivity index (χ4n) is 3.75. The molecule has 0 amide bonds. The van der Waals surface area contributed by atoms with Gasteiger partial charge in [0, 0.05) is 23.3 Å². The van der Waals surface area contributed by atoms with E-state index in [4.69, 9.17) is 14.7 Å². The molecular weight excluding hydrogens is 440 g/mol. The first-order valence-electron chi connectivity index (χ1n) is 10.9. The van der Waals surface area contributed by atoms with Gasteiger partial charge in [0.05, 0.1) is 0 Å². The van der Waals surface area contributed by atoms with Crippen molar-refractivity contribution in [1.82, 2.24) is 39.5 Å². The van der Waals surface area contributed by atoms with Gasteiger partial charge in [-0.1, -0.05) is 60.7 Å². The van der Waals surface area contributed by atoms with Gasteiger partial charge in [0.25, 0.3) is 0 Å². The molecular formula is C26H18N8O. The third-order valence-electron chi connectivity index (χ3n) is 5.35. The zero-order chi connectivity index (χ0) is 23.5. The quantitative estimate of drug-likeness (QED) is 0.355. The van der Waals surface area contributed by atoms with Crippen LogP contribution in [0.15, 0.2) is 110 Å². The zero-order valence-electron chi connectivity index (χ0n) is 18.4. The Morgan fingerprint density at radius 3 is 1.37 bits per heavy atom. The average molecular weight is 458 g/mol. The maximum Gasteiger partial charge on any atom is 0.223 e. The molecule has 4 aromatic heterocycles. The van der Waals surface area contributed by atoms with E-state index in [2.05, 4.69) is 20.2 Å². The van der Waals surface area contributed by atoms with E-state index in [0.717, 1.165) is 22.3 Å². The lowest BCUT2D eigenvalue weighted by Gasteiger charge is -2.13. The molecule has 0 aliphatic rings. The van der Waals surface area contributed by atoms with Crippen LogP contribution in [0.25, 0.3) is 33.9 Å². The zero-order valence-corrected chi connectivity index (χ0v) is 18.4. The lowest BCUT2D eigenvalue weighted by molar-refractivity contribution is 0.442. The Bertz CT molecular complexity index is 1430. The van der Waals surface area contributed by atoms with Crippen molar-refractivity contribution in [2.75, 3.05) is 0 Å². The van der Waals surface area contributed by atoms with E-state index in [1.807, 2.05) is 84.9 Å². The van der Waals surface area contributed by atoms with E-state index in [1.54, 1.807) is 22.0 Å². The predicted molar refractivity (Wildman–Crippen MR) is 129 cm³/mol. The van der Waals surface area contributed by atoms with Gasteiger partial charge in [-0.2, -0.15) is 20.2 Å².